The van der Waals surface area contributed by atoms with Gasteiger partial charge in [0.25, 0.3) is 0 Å². The summed E-state index contributed by atoms with van der Waals surface area (Å²) in [6.45, 7) is 17.5. The van der Waals surface area contributed by atoms with Gasteiger partial charge < -0.3 is 23.5 Å². The SMILES string of the molecule is CC(C)[Si](OCC1CN(c2ccc(N3C[C@@H]4C(CO[C@@H]5CCCCO5)[C@@H]4C3)c(F)c2)C(=O)O1)(C(C)C)C(C)C. The predicted octanol–water partition coefficient (Wildman–Crippen LogP) is 6.57. The van der Waals surface area contributed by atoms with E-state index < -0.39 is 14.4 Å². The molecule has 0 radical (unpaired) electrons. The fourth-order valence-electron chi connectivity index (χ4n) is 7.63. The Balaban J connectivity index is 1.14. The van der Waals surface area contributed by atoms with Crippen LogP contribution in [0.5, 0.6) is 0 Å². The van der Waals surface area contributed by atoms with E-state index in [0.717, 1.165) is 39.1 Å². The first-order valence-electron chi connectivity index (χ1n) is 15.0. The largest absolute Gasteiger partial charge is 0.442 e. The van der Waals surface area contributed by atoms with Crippen LogP contribution in [0.1, 0.15) is 60.8 Å². The average Bonchev–Trinajstić information content (AvgIpc) is 3.18. The first kappa shape index (κ1) is 28.8. The number of hydrogen-bond acceptors (Lipinski definition) is 6. The van der Waals surface area contributed by atoms with E-state index in [4.69, 9.17) is 18.6 Å². The molecule has 1 saturated carbocycles. The van der Waals surface area contributed by atoms with Crippen LogP contribution in [0.2, 0.25) is 16.6 Å². The molecule has 0 bridgehead atoms. The maximum atomic E-state index is 15.3. The zero-order chi connectivity index (χ0) is 27.9. The molecule has 4 aliphatic rings. The standard InChI is InChI=1S/C30H47FN2O5Si/c1-19(2)39(20(3)4,21(5)6)37-17-23-14-33(30(34)38-23)22-10-11-28(27(31)13-22)32-15-24-25(16-32)26(24)18-36-29-9-7-8-12-35-29/h10-11,13,19-21,23-26,29H,7-9,12,14-18H2,1-6H3/t23?,24-,25+,26?,29-/m1/s1. The minimum atomic E-state index is -2.06. The van der Waals surface area contributed by atoms with Crippen LogP contribution in [0.3, 0.4) is 0 Å². The summed E-state index contributed by atoms with van der Waals surface area (Å²) in [4.78, 5) is 16.4. The number of piperidine rings is 1. The van der Waals surface area contributed by atoms with Crippen LogP contribution >= 0.6 is 0 Å². The normalized spacial score (nSPS) is 29.1. The molecule has 39 heavy (non-hydrogen) atoms. The molecule has 7 nitrogen and oxygen atoms in total. The number of carbonyl (C=O) groups is 1. The third kappa shape index (κ3) is 5.74. The average molecular weight is 563 g/mol. The lowest BCUT2D eigenvalue weighted by Crippen LogP contribution is -2.49. The first-order chi connectivity index (χ1) is 18.6. The van der Waals surface area contributed by atoms with Crippen molar-refractivity contribution in [3.63, 3.8) is 0 Å². The third-order valence-corrected chi connectivity index (χ3v) is 15.7. The highest BCUT2D eigenvalue weighted by molar-refractivity contribution is 6.77. The molecule has 1 amide bonds. The molecule has 4 fully saturated rings. The number of benzene rings is 1. The Hall–Kier alpha value is -1.68. The molecule has 0 aromatic heterocycles. The van der Waals surface area contributed by atoms with Gasteiger partial charge in [-0.05, 0) is 71.8 Å². The molecule has 5 atom stereocenters. The van der Waals surface area contributed by atoms with Crippen molar-refractivity contribution in [1.82, 2.24) is 0 Å². The first-order valence-corrected chi connectivity index (χ1v) is 17.2. The minimum absolute atomic E-state index is 0.0464. The number of carbonyl (C=O) groups excluding carboxylic acids is 1. The lowest BCUT2D eigenvalue weighted by atomic mass is 10.2. The lowest BCUT2D eigenvalue weighted by molar-refractivity contribution is -0.165. The highest BCUT2D eigenvalue weighted by atomic mass is 28.4. The maximum absolute atomic E-state index is 15.3. The molecule has 2 unspecified atom stereocenters. The van der Waals surface area contributed by atoms with Crippen LogP contribution in [-0.2, 0) is 18.6 Å². The summed E-state index contributed by atoms with van der Waals surface area (Å²) in [6.07, 6.45) is 2.45. The molecule has 0 N–H and O–H groups in total. The van der Waals surface area contributed by atoms with E-state index in [2.05, 4.69) is 46.4 Å². The van der Waals surface area contributed by atoms with Crippen LogP contribution in [0, 0.1) is 23.6 Å². The third-order valence-electron chi connectivity index (χ3n) is 9.67. The molecule has 3 aliphatic heterocycles. The molecule has 9 heteroatoms. The number of cyclic esters (lactones) is 1. The molecule has 3 saturated heterocycles. The lowest BCUT2D eigenvalue weighted by Gasteiger charge is -2.42. The second-order valence-corrected chi connectivity index (χ2v) is 18.4. The summed E-state index contributed by atoms with van der Waals surface area (Å²) in [5.74, 6) is 1.37. The van der Waals surface area contributed by atoms with Gasteiger partial charge in [0.1, 0.15) is 11.9 Å². The van der Waals surface area contributed by atoms with Crippen molar-refractivity contribution in [2.75, 3.05) is 49.3 Å². The molecule has 0 spiro atoms. The highest BCUT2D eigenvalue weighted by Crippen LogP contribution is 2.53. The Morgan fingerprint density at radius 1 is 1.00 bits per heavy atom. The van der Waals surface area contributed by atoms with Crippen LogP contribution < -0.4 is 9.80 Å². The fourth-order valence-corrected chi connectivity index (χ4v) is 13.1. The number of hydrogen-bond donors (Lipinski definition) is 0. The van der Waals surface area contributed by atoms with Gasteiger partial charge in [0.05, 0.1) is 31.1 Å². The zero-order valence-corrected chi connectivity index (χ0v) is 25.5. The van der Waals surface area contributed by atoms with Crippen molar-refractivity contribution < 1.29 is 27.8 Å². The Kier molecular flexibility index (Phi) is 8.62. The van der Waals surface area contributed by atoms with Crippen LogP contribution in [0.25, 0.3) is 0 Å². The Labute approximate surface area is 234 Å². The van der Waals surface area contributed by atoms with Crippen molar-refractivity contribution >= 4 is 25.8 Å². The summed E-state index contributed by atoms with van der Waals surface area (Å²) < 4.78 is 39.3. The smallest absolute Gasteiger partial charge is 0.414 e. The van der Waals surface area contributed by atoms with Gasteiger partial charge in [-0.2, -0.15) is 0 Å². The van der Waals surface area contributed by atoms with E-state index >= 15 is 4.39 Å². The molecule has 1 aromatic rings. The predicted molar refractivity (Wildman–Crippen MR) is 153 cm³/mol. The van der Waals surface area contributed by atoms with Crippen molar-refractivity contribution in [2.45, 2.75) is 89.8 Å². The zero-order valence-electron chi connectivity index (χ0n) is 24.5. The Morgan fingerprint density at radius 2 is 1.69 bits per heavy atom. The monoisotopic (exact) mass is 562 g/mol. The molecule has 218 valence electrons. The molecule has 3 heterocycles. The number of ether oxygens (including phenoxy) is 3. The highest BCUT2D eigenvalue weighted by Gasteiger charge is 2.56. The van der Waals surface area contributed by atoms with Crippen LogP contribution in [0.15, 0.2) is 18.2 Å². The van der Waals surface area contributed by atoms with E-state index in [1.165, 1.54) is 17.4 Å². The Bertz CT molecular complexity index is 983. The van der Waals surface area contributed by atoms with Crippen molar-refractivity contribution in [1.29, 1.82) is 0 Å². The molecular formula is C30H47FN2O5Si. The van der Waals surface area contributed by atoms with Crippen molar-refractivity contribution in [3.8, 4) is 0 Å². The Morgan fingerprint density at radius 3 is 2.28 bits per heavy atom. The van der Waals surface area contributed by atoms with Crippen molar-refractivity contribution in [3.05, 3.63) is 24.0 Å². The molecule has 1 aromatic carbocycles. The van der Waals surface area contributed by atoms with Gasteiger partial charge in [-0.1, -0.05) is 41.5 Å². The second kappa shape index (κ2) is 11.7. The quantitative estimate of drug-likeness (QED) is 0.284. The van der Waals surface area contributed by atoms with Gasteiger partial charge in [0.15, 0.2) is 6.29 Å². The van der Waals surface area contributed by atoms with E-state index in [-0.39, 0.29) is 18.2 Å². The van der Waals surface area contributed by atoms with Gasteiger partial charge in [0, 0.05) is 19.7 Å². The topological polar surface area (TPSA) is 60.5 Å². The minimum Gasteiger partial charge on any atom is -0.442 e. The van der Waals surface area contributed by atoms with Gasteiger partial charge in [-0.15, -0.1) is 0 Å². The van der Waals surface area contributed by atoms with E-state index in [9.17, 15) is 4.79 Å². The number of nitrogens with zero attached hydrogens (tertiary/aromatic N) is 2. The second-order valence-electron chi connectivity index (χ2n) is 12.9. The molecule has 1 aliphatic carbocycles. The number of anilines is 2. The molecular weight excluding hydrogens is 515 g/mol. The molecule has 5 rings (SSSR count). The fraction of sp³-hybridized carbons (Fsp3) is 0.767. The summed E-state index contributed by atoms with van der Waals surface area (Å²) >= 11 is 0. The van der Waals surface area contributed by atoms with Crippen molar-refractivity contribution in [2.24, 2.45) is 17.8 Å². The van der Waals surface area contributed by atoms with Gasteiger partial charge in [-0.25, -0.2) is 9.18 Å². The number of rotatable bonds is 11. The number of amides is 1. The maximum Gasteiger partial charge on any atom is 0.414 e. The van der Waals surface area contributed by atoms with Crippen LogP contribution in [0.4, 0.5) is 20.6 Å². The number of fused-ring (bicyclic) bond motifs is 1. The summed E-state index contributed by atoms with van der Waals surface area (Å²) in [6, 6.07) is 5.12. The van der Waals surface area contributed by atoms with Gasteiger partial charge in [0.2, 0.25) is 8.32 Å². The summed E-state index contributed by atoms with van der Waals surface area (Å²) in [5.41, 5.74) is 2.51. The van der Waals surface area contributed by atoms with Gasteiger partial charge in [-0.3, -0.25) is 4.90 Å². The van der Waals surface area contributed by atoms with Crippen LogP contribution in [-0.4, -0.2) is 66.3 Å². The van der Waals surface area contributed by atoms with E-state index in [0.29, 0.717) is 58.9 Å². The van der Waals surface area contributed by atoms with Gasteiger partial charge >= 0.3 is 6.09 Å². The van der Waals surface area contributed by atoms with E-state index in [1.54, 1.807) is 0 Å². The summed E-state index contributed by atoms with van der Waals surface area (Å²) in [7, 11) is -2.06. The van der Waals surface area contributed by atoms with E-state index in [1.807, 2.05) is 12.1 Å². The summed E-state index contributed by atoms with van der Waals surface area (Å²) in [5, 5.41) is 0. The number of halogens is 1.